The largest absolute Gasteiger partial charge is 0.495 e. The first-order valence-electron chi connectivity index (χ1n) is 6.83. The van der Waals surface area contributed by atoms with E-state index >= 15 is 0 Å². The summed E-state index contributed by atoms with van der Waals surface area (Å²) in [5.41, 5.74) is 2.24. The Morgan fingerprint density at radius 2 is 1.70 bits per heavy atom. The van der Waals surface area contributed by atoms with Gasteiger partial charge in [0.1, 0.15) is 5.75 Å². The number of rotatable bonds is 6. The first-order valence-corrected chi connectivity index (χ1v) is 6.83. The van der Waals surface area contributed by atoms with Gasteiger partial charge in [0.2, 0.25) is 0 Å². The molecule has 2 heteroatoms. The minimum absolute atomic E-state index is 0.171. The van der Waals surface area contributed by atoms with Crippen LogP contribution in [0, 0.1) is 5.92 Å². The number of ether oxygens (including phenoxy) is 1. The Hall–Kier alpha value is -2.22. The van der Waals surface area contributed by atoms with Gasteiger partial charge in [-0.2, -0.15) is 0 Å². The minimum Gasteiger partial charge on any atom is -0.495 e. The second kappa shape index (κ2) is 6.80. The second-order valence-corrected chi connectivity index (χ2v) is 4.83. The molecule has 0 radical (unpaired) electrons. The first kappa shape index (κ1) is 14.2. The molecule has 2 atom stereocenters. The maximum absolute atomic E-state index is 5.41. The Morgan fingerprint density at radius 1 is 1.05 bits per heavy atom. The van der Waals surface area contributed by atoms with Crippen LogP contribution in [0.25, 0.3) is 0 Å². The predicted octanol–water partition coefficient (Wildman–Crippen LogP) is 4.67. The van der Waals surface area contributed by atoms with Gasteiger partial charge in [0, 0.05) is 0 Å². The van der Waals surface area contributed by atoms with Gasteiger partial charge in [0.05, 0.1) is 18.8 Å². The molecule has 1 N–H and O–H groups in total. The third-order valence-electron chi connectivity index (χ3n) is 3.47. The van der Waals surface area contributed by atoms with Crippen molar-refractivity contribution in [3.05, 3.63) is 72.8 Å². The fraction of sp³-hybridized carbons (Fsp3) is 0.222. The summed E-state index contributed by atoms with van der Waals surface area (Å²) >= 11 is 0. The summed E-state index contributed by atoms with van der Waals surface area (Å²) in [6, 6.07) is 18.6. The van der Waals surface area contributed by atoms with E-state index in [9.17, 15) is 0 Å². The van der Waals surface area contributed by atoms with E-state index in [0.717, 1.165) is 11.4 Å². The van der Waals surface area contributed by atoms with Crippen LogP contribution in [0.1, 0.15) is 18.5 Å². The number of methoxy groups -OCH3 is 1. The fourth-order valence-electron chi connectivity index (χ4n) is 2.25. The zero-order chi connectivity index (χ0) is 14.4. The van der Waals surface area contributed by atoms with Crippen molar-refractivity contribution in [3.8, 4) is 5.75 Å². The van der Waals surface area contributed by atoms with E-state index < -0.39 is 0 Å². The zero-order valence-electron chi connectivity index (χ0n) is 12.0. The highest BCUT2D eigenvalue weighted by Crippen LogP contribution is 2.31. The highest BCUT2D eigenvalue weighted by molar-refractivity contribution is 5.57. The smallest absolute Gasteiger partial charge is 0.141 e. The SMILES string of the molecule is C=C[C@@H](C)[C@@H](Nc1ccccc1OC)c1ccccc1. The molecule has 0 saturated carbocycles. The highest BCUT2D eigenvalue weighted by atomic mass is 16.5. The Labute approximate surface area is 121 Å². The molecule has 2 aromatic rings. The van der Waals surface area contributed by atoms with Crippen LogP contribution in [0.3, 0.4) is 0 Å². The Morgan fingerprint density at radius 3 is 2.35 bits per heavy atom. The quantitative estimate of drug-likeness (QED) is 0.768. The number of hydrogen-bond acceptors (Lipinski definition) is 2. The summed E-state index contributed by atoms with van der Waals surface area (Å²) in [6.45, 7) is 6.08. The summed E-state index contributed by atoms with van der Waals surface area (Å²) < 4.78 is 5.41. The molecule has 0 spiro atoms. The lowest BCUT2D eigenvalue weighted by atomic mass is 9.94. The molecule has 0 bridgehead atoms. The van der Waals surface area contributed by atoms with Gasteiger partial charge >= 0.3 is 0 Å². The molecule has 104 valence electrons. The molecule has 0 aliphatic heterocycles. The Balaban J connectivity index is 2.31. The lowest BCUT2D eigenvalue weighted by Gasteiger charge is -2.25. The topological polar surface area (TPSA) is 21.3 Å². The van der Waals surface area contributed by atoms with Gasteiger partial charge < -0.3 is 10.1 Å². The van der Waals surface area contributed by atoms with E-state index in [4.69, 9.17) is 4.74 Å². The molecule has 0 fully saturated rings. The number of benzene rings is 2. The van der Waals surface area contributed by atoms with Gasteiger partial charge in [-0.1, -0.05) is 55.5 Å². The van der Waals surface area contributed by atoms with E-state index in [1.54, 1.807) is 7.11 Å². The van der Waals surface area contributed by atoms with Crippen molar-refractivity contribution in [2.45, 2.75) is 13.0 Å². The first-order chi connectivity index (χ1) is 9.76. The molecule has 2 aromatic carbocycles. The van der Waals surface area contributed by atoms with Crippen LogP contribution in [0.15, 0.2) is 67.3 Å². The fourth-order valence-corrected chi connectivity index (χ4v) is 2.25. The minimum atomic E-state index is 0.171. The molecule has 2 rings (SSSR count). The van der Waals surface area contributed by atoms with E-state index in [0.29, 0.717) is 5.92 Å². The third-order valence-corrected chi connectivity index (χ3v) is 3.47. The standard InChI is InChI=1S/C18H21NO/c1-4-14(2)18(15-10-6-5-7-11-15)19-16-12-8-9-13-17(16)20-3/h4-14,18-19H,1H2,2-3H3/t14-,18-/m1/s1. The molecule has 0 aromatic heterocycles. The maximum Gasteiger partial charge on any atom is 0.141 e. The molecule has 0 saturated heterocycles. The number of anilines is 1. The Bertz CT molecular complexity index is 550. The zero-order valence-corrected chi connectivity index (χ0v) is 12.0. The summed E-state index contributed by atoms with van der Waals surface area (Å²) in [6.07, 6.45) is 1.97. The predicted molar refractivity (Wildman–Crippen MR) is 85.2 cm³/mol. The molecule has 2 nitrogen and oxygen atoms in total. The van der Waals surface area contributed by atoms with Crippen LogP contribution in [-0.4, -0.2) is 7.11 Å². The summed E-state index contributed by atoms with van der Waals surface area (Å²) in [5, 5.41) is 3.57. The van der Waals surface area contributed by atoms with Crippen molar-refractivity contribution >= 4 is 5.69 Å². The van der Waals surface area contributed by atoms with Gasteiger partial charge in [-0.25, -0.2) is 0 Å². The monoisotopic (exact) mass is 267 g/mol. The second-order valence-electron chi connectivity index (χ2n) is 4.83. The summed E-state index contributed by atoms with van der Waals surface area (Å²) in [5.74, 6) is 1.16. The third kappa shape index (κ3) is 3.21. The van der Waals surface area contributed by atoms with Gasteiger partial charge in [-0.05, 0) is 23.6 Å². The molecule has 0 aliphatic rings. The van der Waals surface area contributed by atoms with Crippen LogP contribution in [0.5, 0.6) is 5.75 Å². The van der Waals surface area contributed by atoms with E-state index in [2.05, 4.69) is 43.1 Å². The van der Waals surface area contributed by atoms with Crippen LogP contribution >= 0.6 is 0 Å². The highest BCUT2D eigenvalue weighted by Gasteiger charge is 2.17. The Kier molecular flexibility index (Phi) is 4.83. The van der Waals surface area contributed by atoms with Crippen molar-refractivity contribution in [1.82, 2.24) is 0 Å². The number of para-hydroxylation sites is 2. The van der Waals surface area contributed by atoms with Crippen molar-refractivity contribution in [1.29, 1.82) is 0 Å². The van der Waals surface area contributed by atoms with Crippen molar-refractivity contribution in [2.24, 2.45) is 5.92 Å². The molecule has 20 heavy (non-hydrogen) atoms. The van der Waals surface area contributed by atoms with Crippen molar-refractivity contribution in [2.75, 3.05) is 12.4 Å². The summed E-state index contributed by atoms with van der Waals surface area (Å²) in [4.78, 5) is 0. The average molecular weight is 267 g/mol. The van der Waals surface area contributed by atoms with Crippen LogP contribution in [0.2, 0.25) is 0 Å². The van der Waals surface area contributed by atoms with Gasteiger partial charge in [0.15, 0.2) is 0 Å². The van der Waals surface area contributed by atoms with Crippen LogP contribution < -0.4 is 10.1 Å². The molecule has 0 unspecified atom stereocenters. The van der Waals surface area contributed by atoms with Gasteiger partial charge in [-0.15, -0.1) is 6.58 Å². The summed E-state index contributed by atoms with van der Waals surface area (Å²) in [7, 11) is 1.69. The van der Waals surface area contributed by atoms with Gasteiger partial charge in [0.25, 0.3) is 0 Å². The molecule has 0 amide bonds. The molecular weight excluding hydrogens is 246 g/mol. The van der Waals surface area contributed by atoms with Crippen molar-refractivity contribution < 1.29 is 4.74 Å². The molecule has 0 aliphatic carbocycles. The van der Waals surface area contributed by atoms with Gasteiger partial charge in [-0.3, -0.25) is 0 Å². The van der Waals surface area contributed by atoms with Crippen LogP contribution in [0.4, 0.5) is 5.69 Å². The van der Waals surface area contributed by atoms with E-state index in [1.165, 1.54) is 5.56 Å². The number of nitrogens with one attached hydrogen (secondary N) is 1. The van der Waals surface area contributed by atoms with E-state index in [1.807, 2.05) is 36.4 Å². The molecular formula is C18H21NO. The average Bonchev–Trinajstić information content (AvgIpc) is 2.53. The maximum atomic E-state index is 5.41. The van der Waals surface area contributed by atoms with E-state index in [-0.39, 0.29) is 6.04 Å². The number of hydrogen-bond donors (Lipinski definition) is 1. The lowest BCUT2D eigenvalue weighted by Crippen LogP contribution is -2.17. The lowest BCUT2D eigenvalue weighted by molar-refractivity contribution is 0.415. The van der Waals surface area contributed by atoms with Crippen LogP contribution in [-0.2, 0) is 0 Å². The molecule has 0 heterocycles. The normalized spacial score (nSPS) is 13.3. The van der Waals surface area contributed by atoms with Crippen molar-refractivity contribution in [3.63, 3.8) is 0 Å².